The van der Waals surface area contributed by atoms with Crippen molar-refractivity contribution in [2.45, 2.75) is 25.8 Å². The largest absolute Gasteiger partial charge is 0.496 e. The zero-order chi connectivity index (χ0) is 13.9. The van der Waals surface area contributed by atoms with E-state index < -0.39 is 0 Å². The predicted molar refractivity (Wildman–Crippen MR) is 75.2 cm³/mol. The lowest BCUT2D eigenvalue weighted by Gasteiger charge is -2.35. The first-order chi connectivity index (χ1) is 9.08. The minimum atomic E-state index is -0.0498. The summed E-state index contributed by atoms with van der Waals surface area (Å²) in [4.78, 5) is 0. The van der Waals surface area contributed by atoms with Crippen molar-refractivity contribution in [3.63, 3.8) is 0 Å². The molecule has 1 unspecified atom stereocenters. The zero-order valence-electron chi connectivity index (χ0n) is 12.2. The summed E-state index contributed by atoms with van der Waals surface area (Å²) in [7, 11) is 3.40. The molecule has 4 heteroatoms. The second-order valence-corrected chi connectivity index (χ2v) is 5.35. The second kappa shape index (κ2) is 5.80. The smallest absolute Gasteiger partial charge is 0.122 e. The molecule has 1 N–H and O–H groups in total. The van der Waals surface area contributed by atoms with Crippen molar-refractivity contribution >= 4 is 0 Å². The van der Waals surface area contributed by atoms with E-state index in [4.69, 9.17) is 14.2 Å². The molecule has 19 heavy (non-hydrogen) atoms. The van der Waals surface area contributed by atoms with E-state index in [-0.39, 0.29) is 5.54 Å². The Morgan fingerprint density at radius 1 is 1.26 bits per heavy atom. The third-order valence-corrected chi connectivity index (χ3v) is 3.60. The summed E-state index contributed by atoms with van der Waals surface area (Å²) >= 11 is 0. The van der Waals surface area contributed by atoms with E-state index in [9.17, 15) is 0 Å². The van der Waals surface area contributed by atoms with Crippen molar-refractivity contribution in [3.8, 4) is 11.5 Å². The van der Waals surface area contributed by atoms with Crippen molar-refractivity contribution in [2.24, 2.45) is 0 Å². The van der Waals surface area contributed by atoms with Crippen molar-refractivity contribution < 1.29 is 14.2 Å². The lowest BCUT2D eigenvalue weighted by Crippen LogP contribution is -2.53. The Labute approximate surface area is 115 Å². The number of nitrogens with one attached hydrogen (secondary N) is 1. The molecule has 0 amide bonds. The van der Waals surface area contributed by atoms with Crippen LogP contribution in [0.15, 0.2) is 12.1 Å². The topological polar surface area (TPSA) is 39.7 Å². The summed E-state index contributed by atoms with van der Waals surface area (Å²) < 4.78 is 16.5. The van der Waals surface area contributed by atoms with Crippen molar-refractivity contribution in [3.05, 3.63) is 23.3 Å². The van der Waals surface area contributed by atoms with E-state index >= 15 is 0 Å². The first-order valence-corrected chi connectivity index (χ1v) is 6.62. The van der Waals surface area contributed by atoms with Crippen molar-refractivity contribution in [1.29, 1.82) is 0 Å². The van der Waals surface area contributed by atoms with Crippen LogP contribution in [0, 0.1) is 6.92 Å². The maximum absolute atomic E-state index is 5.58. The van der Waals surface area contributed by atoms with Crippen molar-refractivity contribution in [1.82, 2.24) is 5.32 Å². The molecule has 0 aliphatic carbocycles. The molecule has 1 atom stereocenters. The second-order valence-electron chi connectivity index (χ2n) is 5.35. The Morgan fingerprint density at radius 2 is 2.00 bits per heavy atom. The van der Waals surface area contributed by atoms with Crippen LogP contribution < -0.4 is 14.8 Å². The number of aryl methyl sites for hydroxylation is 1. The van der Waals surface area contributed by atoms with Gasteiger partial charge in [0.1, 0.15) is 11.5 Å². The van der Waals surface area contributed by atoms with Gasteiger partial charge in [0.15, 0.2) is 0 Å². The van der Waals surface area contributed by atoms with Crippen LogP contribution in [0.1, 0.15) is 18.1 Å². The van der Waals surface area contributed by atoms with Gasteiger partial charge in [-0.05, 0) is 43.5 Å². The van der Waals surface area contributed by atoms with E-state index in [0.717, 1.165) is 42.2 Å². The molecule has 1 aromatic rings. The standard InChI is InChI=1S/C15H23NO3/c1-11-7-14(18-4)12(8-13(11)17-3)9-15(2)10-19-6-5-16-15/h7-8,16H,5-6,9-10H2,1-4H3. The Bertz CT molecular complexity index is 439. The summed E-state index contributed by atoms with van der Waals surface area (Å²) in [5, 5.41) is 3.53. The van der Waals surface area contributed by atoms with Gasteiger partial charge in [-0.25, -0.2) is 0 Å². The van der Waals surface area contributed by atoms with Crippen LogP contribution in [-0.4, -0.2) is 39.5 Å². The van der Waals surface area contributed by atoms with Gasteiger partial charge in [-0.1, -0.05) is 0 Å². The highest BCUT2D eigenvalue weighted by Gasteiger charge is 2.28. The lowest BCUT2D eigenvalue weighted by molar-refractivity contribution is 0.0353. The molecule has 1 saturated heterocycles. The molecule has 106 valence electrons. The van der Waals surface area contributed by atoms with Crippen LogP contribution in [0.2, 0.25) is 0 Å². The molecule has 4 nitrogen and oxygen atoms in total. The average molecular weight is 265 g/mol. The highest BCUT2D eigenvalue weighted by molar-refractivity contribution is 5.46. The molecule has 0 radical (unpaired) electrons. The Balaban J connectivity index is 2.27. The molecule has 1 heterocycles. The average Bonchev–Trinajstić information content (AvgIpc) is 2.40. The fraction of sp³-hybridized carbons (Fsp3) is 0.600. The molecule has 1 fully saturated rings. The Kier molecular flexibility index (Phi) is 4.32. The Morgan fingerprint density at radius 3 is 2.58 bits per heavy atom. The van der Waals surface area contributed by atoms with Gasteiger partial charge in [-0.15, -0.1) is 0 Å². The number of rotatable bonds is 4. The third-order valence-electron chi connectivity index (χ3n) is 3.60. The highest BCUT2D eigenvalue weighted by atomic mass is 16.5. The first kappa shape index (κ1) is 14.2. The normalized spacial score (nSPS) is 23.2. The maximum Gasteiger partial charge on any atom is 0.122 e. The van der Waals surface area contributed by atoms with Gasteiger partial charge in [0.25, 0.3) is 0 Å². The first-order valence-electron chi connectivity index (χ1n) is 6.62. The minimum Gasteiger partial charge on any atom is -0.496 e. The van der Waals surface area contributed by atoms with Gasteiger partial charge in [0, 0.05) is 12.1 Å². The van der Waals surface area contributed by atoms with Gasteiger partial charge in [-0.3, -0.25) is 0 Å². The molecule has 1 aromatic carbocycles. The maximum atomic E-state index is 5.58. The summed E-state index contributed by atoms with van der Waals surface area (Å²) in [6.45, 7) is 6.59. The summed E-state index contributed by atoms with van der Waals surface area (Å²) in [5.41, 5.74) is 2.18. The number of morpholine rings is 1. The third kappa shape index (κ3) is 3.19. The van der Waals surface area contributed by atoms with E-state index in [1.54, 1.807) is 14.2 Å². The minimum absolute atomic E-state index is 0.0498. The van der Waals surface area contributed by atoms with E-state index in [0.29, 0.717) is 6.61 Å². The number of benzene rings is 1. The molecule has 1 aliphatic rings. The SMILES string of the molecule is COc1cc(CC2(C)COCCN2)c(OC)cc1C. The quantitative estimate of drug-likeness (QED) is 0.903. The molecule has 0 bridgehead atoms. The van der Waals surface area contributed by atoms with Gasteiger partial charge in [0.2, 0.25) is 0 Å². The molecule has 0 aromatic heterocycles. The number of hydrogen-bond donors (Lipinski definition) is 1. The molecular weight excluding hydrogens is 242 g/mol. The summed E-state index contributed by atoms with van der Waals surface area (Å²) in [6.07, 6.45) is 0.854. The fourth-order valence-corrected chi connectivity index (χ4v) is 2.56. The van der Waals surface area contributed by atoms with Gasteiger partial charge in [0.05, 0.1) is 27.4 Å². The van der Waals surface area contributed by atoms with Crippen LogP contribution in [0.4, 0.5) is 0 Å². The van der Waals surface area contributed by atoms with Gasteiger partial charge in [-0.2, -0.15) is 0 Å². The van der Waals surface area contributed by atoms with Gasteiger partial charge >= 0.3 is 0 Å². The fourth-order valence-electron chi connectivity index (χ4n) is 2.56. The van der Waals surface area contributed by atoms with Crippen LogP contribution in [0.25, 0.3) is 0 Å². The molecule has 0 saturated carbocycles. The van der Waals surface area contributed by atoms with E-state index in [1.807, 2.05) is 13.0 Å². The lowest BCUT2D eigenvalue weighted by atomic mass is 9.91. The summed E-state index contributed by atoms with van der Waals surface area (Å²) in [5.74, 6) is 1.81. The Hall–Kier alpha value is -1.26. The van der Waals surface area contributed by atoms with Crippen LogP contribution in [0.3, 0.4) is 0 Å². The van der Waals surface area contributed by atoms with Crippen molar-refractivity contribution in [2.75, 3.05) is 34.0 Å². The predicted octanol–water partition coefficient (Wildman–Crippen LogP) is 1.93. The molecule has 1 aliphatic heterocycles. The van der Waals surface area contributed by atoms with E-state index in [2.05, 4.69) is 18.3 Å². The number of hydrogen-bond acceptors (Lipinski definition) is 4. The number of methoxy groups -OCH3 is 2. The van der Waals surface area contributed by atoms with Gasteiger partial charge < -0.3 is 19.5 Å². The zero-order valence-corrected chi connectivity index (χ0v) is 12.2. The van der Waals surface area contributed by atoms with Crippen LogP contribution in [0.5, 0.6) is 11.5 Å². The molecular formula is C15H23NO3. The van der Waals surface area contributed by atoms with E-state index in [1.165, 1.54) is 0 Å². The molecule has 0 spiro atoms. The molecule has 2 rings (SSSR count). The highest BCUT2D eigenvalue weighted by Crippen LogP contribution is 2.31. The van der Waals surface area contributed by atoms with Crippen LogP contribution >= 0.6 is 0 Å². The monoisotopic (exact) mass is 265 g/mol. The van der Waals surface area contributed by atoms with Crippen LogP contribution in [-0.2, 0) is 11.2 Å². The number of ether oxygens (including phenoxy) is 3. The summed E-state index contributed by atoms with van der Waals surface area (Å²) in [6, 6.07) is 4.09.